The van der Waals surface area contributed by atoms with Crippen LogP contribution >= 0.6 is 11.8 Å². The van der Waals surface area contributed by atoms with E-state index < -0.39 is 0 Å². The molecule has 0 unspecified atom stereocenters. The van der Waals surface area contributed by atoms with E-state index in [1.54, 1.807) is 6.07 Å². The average molecular weight is 172 g/mol. The third kappa shape index (κ3) is 1.64. The Bertz CT molecular complexity index is 252. The highest BCUT2D eigenvalue weighted by molar-refractivity contribution is 7.98. The lowest BCUT2D eigenvalue weighted by atomic mass is 10.3. The maximum atomic E-state index is 12.9. The second-order valence-electron chi connectivity index (χ2n) is 1.96. The maximum Gasteiger partial charge on any atom is 0.148 e. The number of nitrogens with two attached hydrogens (primary N) is 1. The van der Waals surface area contributed by atoms with Crippen molar-refractivity contribution in [1.29, 1.82) is 0 Å². The molecule has 2 nitrogen and oxygen atoms in total. The number of nitrogens with one attached hydrogen (secondary N) is 1. The fourth-order valence-corrected chi connectivity index (χ4v) is 1.39. The van der Waals surface area contributed by atoms with Crippen molar-refractivity contribution in [3.63, 3.8) is 0 Å². The second-order valence-corrected chi connectivity index (χ2v) is 2.81. The molecule has 0 atom stereocenters. The summed E-state index contributed by atoms with van der Waals surface area (Å²) in [6.07, 6.45) is 1.87. The number of halogens is 1. The predicted octanol–water partition coefficient (Wildman–Crippen LogP) is 1.83. The van der Waals surface area contributed by atoms with E-state index in [2.05, 4.69) is 5.43 Å². The van der Waals surface area contributed by atoms with Gasteiger partial charge in [0, 0.05) is 4.90 Å². The summed E-state index contributed by atoms with van der Waals surface area (Å²) in [6, 6.07) is 4.83. The summed E-state index contributed by atoms with van der Waals surface area (Å²) in [5.74, 6) is 4.80. The van der Waals surface area contributed by atoms with E-state index in [1.807, 2.05) is 12.3 Å². The molecule has 0 amide bonds. The van der Waals surface area contributed by atoms with Crippen LogP contribution in [0.25, 0.3) is 0 Å². The molecule has 0 saturated heterocycles. The van der Waals surface area contributed by atoms with Gasteiger partial charge in [0.05, 0.1) is 5.69 Å². The van der Waals surface area contributed by atoms with Crippen LogP contribution in [0.15, 0.2) is 23.1 Å². The van der Waals surface area contributed by atoms with Gasteiger partial charge in [0.25, 0.3) is 0 Å². The molecule has 1 rings (SSSR count). The number of thioether (sulfide) groups is 1. The molecular formula is C7H9FN2S. The van der Waals surface area contributed by atoms with Crippen LogP contribution in [0.2, 0.25) is 0 Å². The number of anilines is 1. The van der Waals surface area contributed by atoms with Crippen LogP contribution < -0.4 is 11.3 Å². The molecule has 0 saturated carbocycles. The van der Waals surface area contributed by atoms with Crippen molar-refractivity contribution in [3.05, 3.63) is 24.0 Å². The van der Waals surface area contributed by atoms with Crippen LogP contribution in [0, 0.1) is 5.82 Å². The Labute approximate surface area is 68.9 Å². The summed E-state index contributed by atoms with van der Waals surface area (Å²) in [6.45, 7) is 0. The molecule has 60 valence electrons. The summed E-state index contributed by atoms with van der Waals surface area (Å²) < 4.78 is 12.9. The van der Waals surface area contributed by atoms with Crippen molar-refractivity contribution < 1.29 is 4.39 Å². The normalized spacial score (nSPS) is 9.73. The standard InChI is InChI=1S/C7H9FN2S/c1-11-6-4-2-3-5(8)7(6)10-9/h2-4,10H,9H2,1H3. The highest BCUT2D eigenvalue weighted by Crippen LogP contribution is 2.26. The largest absolute Gasteiger partial charge is 0.321 e. The van der Waals surface area contributed by atoms with Gasteiger partial charge in [0.1, 0.15) is 5.82 Å². The molecule has 0 aliphatic carbocycles. The minimum absolute atomic E-state index is 0.320. The minimum Gasteiger partial charge on any atom is -0.321 e. The smallest absolute Gasteiger partial charge is 0.148 e. The van der Waals surface area contributed by atoms with E-state index in [9.17, 15) is 4.39 Å². The first-order valence-electron chi connectivity index (χ1n) is 3.08. The molecule has 0 radical (unpaired) electrons. The van der Waals surface area contributed by atoms with Crippen LogP contribution in [-0.2, 0) is 0 Å². The SMILES string of the molecule is CSc1cccc(F)c1NN. The fraction of sp³-hybridized carbons (Fsp3) is 0.143. The first-order valence-corrected chi connectivity index (χ1v) is 4.31. The highest BCUT2D eigenvalue weighted by atomic mass is 32.2. The van der Waals surface area contributed by atoms with Crippen molar-refractivity contribution in [3.8, 4) is 0 Å². The van der Waals surface area contributed by atoms with E-state index in [4.69, 9.17) is 5.84 Å². The Kier molecular flexibility index (Phi) is 2.73. The quantitative estimate of drug-likeness (QED) is 0.406. The number of hydrogen-bond acceptors (Lipinski definition) is 3. The van der Waals surface area contributed by atoms with Crippen LogP contribution in [0.3, 0.4) is 0 Å². The number of para-hydroxylation sites is 1. The summed E-state index contributed by atoms with van der Waals surface area (Å²) in [5, 5.41) is 0. The number of rotatable bonds is 2. The molecule has 0 aliphatic heterocycles. The van der Waals surface area contributed by atoms with Crippen LogP contribution in [0.5, 0.6) is 0 Å². The third-order valence-corrected chi connectivity index (χ3v) is 2.12. The molecule has 0 heterocycles. The Balaban J connectivity index is 3.13. The predicted molar refractivity (Wildman–Crippen MR) is 46.0 cm³/mol. The third-order valence-electron chi connectivity index (χ3n) is 1.34. The Hall–Kier alpha value is -0.740. The van der Waals surface area contributed by atoms with Gasteiger partial charge in [-0.25, -0.2) is 4.39 Å². The molecule has 0 aliphatic rings. The molecule has 11 heavy (non-hydrogen) atoms. The molecule has 1 aromatic rings. The zero-order chi connectivity index (χ0) is 8.27. The van der Waals surface area contributed by atoms with Gasteiger partial charge in [-0.3, -0.25) is 5.84 Å². The number of nitrogen functional groups attached to an aromatic ring is 1. The van der Waals surface area contributed by atoms with Crippen molar-refractivity contribution in [2.45, 2.75) is 4.90 Å². The maximum absolute atomic E-state index is 12.9. The van der Waals surface area contributed by atoms with Gasteiger partial charge in [-0.15, -0.1) is 11.8 Å². The summed E-state index contributed by atoms with van der Waals surface area (Å²) in [4.78, 5) is 0.813. The van der Waals surface area contributed by atoms with Crippen molar-refractivity contribution in [2.24, 2.45) is 5.84 Å². The van der Waals surface area contributed by atoms with Gasteiger partial charge in [-0.1, -0.05) is 6.07 Å². The van der Waals surface area contributed by atoms with E-state index >= 15 is 0 Å². The summed E-state index contributed by atoms with van der Waals surface area (Å²) >= 11 is 1.45. The van der Waals surface area contributed by atoms with Crippen molar-refractivity contribution in [2.75, 3.05) is 11.7 Å². The summed E-state index contributed by atoms with van der Waals surface area (Å²) in [7, 11) is 0. The molecule has 0 spiro atoms. The Morgan fingerprint density at radius 3 is 2.73 bits per heavy atom. The first kappa shape index (κ1) is 8.36. The van der Waals surface area contributed by atoms with E-state index in [1.165, 1.54) is 17.8 Å². The lowest BCUT2D eigenvalue weighted by Gasteiger charge is -2.05. The topological polar surface area (TPSA) is 38.0 Å². The fourth-order valence-electron chi connectivity index (χ4n) is 0.815. The zero-order valence-electron chi connectivity index (χ0n) is 6.10. The van der Waals surface area contributed by atoms with Gasteiger partial charge < -0.3 is 5.43 Å². The molecule has 0 aromatic heterocycles. The van der Waals surface area contributed by atoms with E-state index in [-0.39, 0.29) is 5.82 Å². The lowest BCUT2D eigenvalue weighted by Crippen LogP contribution is -2.09. The Morgan fingerprint density at radius 1 is 1.55 bits per heavy atom. The molecular weight excluding hydrogens is 163 g/mol. The first-order chi connectivity index (χ1) is 5.29. The molecule has 1 aromatic carbocycles. The van der Waals surface area contributed by atoms with Crippen LogP contribution in [-0.4, -0.2) is 6.26 Å². The molecule has 4 heteroatoms. The van der Waals surface area contributed by atoms with Crippen LogP contribution in [0.1, 0.15) is 0 Å². The van der Waals surface area contributed by atoms with Crippen molar-refractivity contribution >= 4 is 17.4 Å². The monoisotopic (exact) mass is 172 g/mol. The highest BCUT2D eigenvalue weighted by Gasteiger charge is 2.04. The van der Waals surface area contributed by atoms with Crippen LogP contribution in [0.4, 0.5) is 10.1 Å². The molecule has 0 fully saturated rings. The Morgan fingerprint density at radius 2 is 2.27 bits per heavy atom. The summed E-state index contributed by atoms with van der Waals surface area (Å²) in [5.41, 5.74) is 2.68. The number of hydrogen-bond donors (Lipinski definition) is 2. The second kappa shape index (κ2) is 3.59. The van der Waals surface area contributed by atoms with Gasteiger partial charge in [-0.05, 0) is 18.4 Å². The van der Waals surface area contributed by atoms with Gasteiger partial charge >= 0.3 is 0 Å². The van der Waals surface area contributed by atoms with Crippen molar-refractivity contribution in [1.82, 2.24) is 0 Å². The number of hydrazine groups is 1. The zero-order valence-corrected chi connectivity index (χ0v) is 6.91. The van der Waals surface area contributed by atoms with E-state index in [0.717, 1.165) is 4.90 Å². The van der Waals surface area contributed by atoms with Gasteiger partial charge in [-0.2, -0.15) is 0 Å². The minimum atomic E-state index is -0.320. The molecule has 3 N–H and O–H groups in total. The lowest BCUT2D eigenvalue weighted by molar-refractivity contribution is 0.627. The van der Waals surface area contributed by atoms with Gasteiger partial charge in [0.15, 0.2) is 0 Å². The van der Waals surface area contributed by atoms with Gasteiger partial charge in [0.2, 0.25) is 0 Å². The average Bonchev–Trinajstić information content (AvgIpc) is 2.04. The number of benzene rings is 1. The molecule has 0 bridgehead atoms. The van der Waals surface area contributed by atoms with E-state index in [0.29, 0.717) is 5.69 Å².